The first kappa shape index (κ1) is 11.6. The fourth-order valence-corrected chi connectivity index (χ4v) is 3.90. The van der Waals surface area contributed by atoms with Gasteiger partial charge in [0.25, 0.3) is 0 Å². The summed E-state index contributed by atoms with van der Waals surface area (Å²) in [5.41, 5.74) is 0. The summed E-state index contributed by atoms with van der Waals surface area (Å²) >= 11 is -0.403. The Morgan fingerprint density at radius 1 is 0.875 bits per heavy atom. The van der Waals surface area contributed by atoms with Gasteiger partial charge in [-0.05, 0) is 0 Å². The Bertz CT molecular complexity index is 30.0. The van der Waals surface area contributed by atoms with Crippen LogP contribution in [0.15, 0.2) is 0 Å². The molecule has 0 heterocycles. The average Bonchev–Trinajstić information content (AvgIpc) is 1.72. The van der Waals surface area contributed by atoms with Crippen molar-refractivity contribution in [2.75, 3.05) is 0 Å². The molecule has 0 rings (SSSR count). The minimum absolute atomic E-state index is 0. The summed E-state index contributed by atoms with van der Waals surface area (Å²) in [6.07, 6.45) is 0. The number of rotatable bonds is 3. The Hall–Kier alpha value is 0.833. The van der Waals surface area contributed by atoms with Crippen molar-refractivity contribution in [3.05, 3.63) is 0 Å². The van der Waals surface area contributed by atoms with Crippen LogP contribution in [0.5, 0.6) is 0 Å². The molecule has 8 heavy (non-hydrogen) atoms. The Kier molecular flexibility index (Phi) is 11.4. The van der Waals surface area contributed by atoms with Gasteiger partial charge in [-0.1, -0.05) is 0 Å². The second-order valence-corrected chi connectivity index (χ2v) is 9.41. The van der Waals surface area contributed by atoms with Crippen LogP contribution < -0.4 is 0 Å². The summed E-state index contributed by atoms with van der Waals surface area (Å²) in [4.78, 5) is 0. The predicted molar refractivity (Wildman–Crippen MR) is 44.4 cm³/mol. The Balaban J connectivity index is 0. The molecule has 0 saturated heterocycles. The third kappa shape index (κ3) is 4.98. The Morgan fingerprint density at radius 3 is 1.12 bits per heavy atom. The largest absolute Gasteiger partial charge is 0.147 e. The third-order valence-electron chi connectivity index (χ3n) is 1.50. The van der Waals surface area contributed by atoms with Crippen LogP contribution in [-0.2, 0) is 0 Å². The first-order valence-corrected chi connectivity index (χ1v) is 7.63. The molecule has 0 aromatic carbocycles. The monoisotopic (exact) mass is 197 g/mol. The van der Waals surface area contributed by atoms with Crippen molar-refractivity contribution in [2.45, 2.75) is 36.5 Å². The summed E-state index contributed by atoms with van der Waals surface area (Å²) in [7, 11) is 0. The van der Waals surface area contributed by atoms with Crippen molar-refractivity contribution in [1.82, 2.24) is 0 Å². The number of hydrogen-bond acceptors (Lipinski definition) is 0. The van der Waals surface area contributed by atoms with Crippen molar-refractivity contribution < 1.29 is 0 Å². The Labute approximate surface area is 63.6 Å². The molecule has 0 N–H and O–H groups in total. The second kappa shape index (κ2) is 7.83. The van der Waals surface area contributed by atoms with E-state index in [-0.39, 0.29) is 12.4 Å². The van der Waals surface area contributed by atoms with Gasteiger partial charge in [-0.25, -0.2) is 0 Å². The molecule has 0 fully saturated rings. The van der Waals surface area contributed by atoms with Gasteiger partial charge in [0.15, 0.2) is 0 Å². The summed E-state index contributed by atoms with van der Waals surface area (Å²) < 4.78 is 0. The van der Waals surface area contributed by atoms with Crippen LogP contribution in [0.2, 0.25) is 15.8 Å². The van der Waals surface area contributed by atoms with E-state index in [0.29, 0.717) is 0 Å². The van der Waals surface area contributed by atoms with E-state index >= 15 is 0 Å². The summed E-state index contributed by atoms with van der Waals surface area (Å²) in [5, 5.41) is 4.56. The van der Waals surface area contributed by atoms with Gasteiger partial charge in [-0.15, -0.1) is 12.4 Å². The van der Waals surface area contributed by atoms with E-state index in [4.69, 9.17) is 0 Å². The summed E-state index contributed by atoms with van der Waals surface area (Å²) in [5.74, 6) is 0. The van der Waals surface area contributed by atoms with Crippen LogP contribution in [0.1, 0.15) is 20.8 Å². The van der Waals surface area contributed by atoms with Crippen molar-refractivity contribution in [1.29, 1.82) is 0 Å². The van der Waals surface area contributed by atoms with Gasteiger partial charge in [0, 0.05) is 0 Å². The van der Waals surface area contributed by atoms with E-state index in [2.05, 4.69) is 20.8 Å². The molecule has 0 nitrogen and oxygen atoms in total. The molecule has 0 aliphatic rings. The van der Waals surface area contributed by atoms with Crippen molar-refractivity contribution in [3.8, 4) is 0 Å². The van der Waals surface area contributed by atoms with Crippen LogP contribution in [0, 0.1) is 0 Å². The molecule has 0 aromatic rings. The van der Waals surface area contributed by atoms with E-state index in [1.54, 1.807) is 0 Å². The maximum Gasteiger partial charge on any atom is -0.147 e. The number of hydrogen-bond donors (Lipinski definition) is 0. The minimum atomic E-state index is -0.403. The van der Waals surface area contributed by atoms with E-state index < -0.39 is 14.3 Å². The van der Waals surface area contributed by atoms with Crippen LogP contribution in [-0.4, -0.2) is 14.3 Å². The first-order chi connectivity index (χ1) is 3.35. The van der Waals surface area contributed by atoms with Crippen LogP contribution in [0.25, 0.3) is 0 Å². The summed E-state index contributed by atoms with van der Waals surface area (Å²) in [6, 6.07) is 0. The molecule has 1 radical (unpaired) electrons. The van der Waals surface area contributed by atoms with Crippen LogP contribution >= 0.6 is 12.4 Å². The van der Waals surface area contributed by atoms with E-state index in [1.165, 1.54) is 15.8 Å². The molecule has 0 amide bonds. The fourth-order valence-electron chi connectivity index (χ4n) is 0.750. The molecular weight excluding hydrogens is 180 g/mol. The fraction of sp³-hybridized carbons (Fsp3) is 1.00. The molecule has 0 aromatic heterocycles. The molecule has 0 saturated carbocycles. The maximum absolute atomic E-state index is 2.34. The van der Waals surface area contributed by atoms with E-state index in [0.717, 1.165) is 0 Å². The second-order valence-electron chi connectivity index (χ2n) is 1.81. The predicted octanol–water partition coefficient (Wildman–Crippen LogP) is 2.96. The van der Waals surface area contributed by atoms with Gasteiger partial charge >= 0.3 is 50.9 Å². The topological polar surface area (TPSA) is 0 Å². The molecule has 0 unspecified atom stereocenters. The maximum atomic E-state index is 2.34. The molecule has 0 atom stereocenters. The average molecular weight is 196 g/mol. The standard InChI is InChI=1S/C6H15Ge.ClH/c1-4-7(5-2)6-3;/h4-6H2,1-3H3;1H. The zero-order valence-electron chi connectivity index (χ0n) is 6.03. The van der Waals surface area contributed by atoms with Crippen LogP contribution in [0.4, 0.5) is 0 Å². The zero-order valence-corrected chi connectivity index (χ0v) is 8.94. The van der Waals surface area contributed by atoms with Gasteiger partial charge in [-0.2, -0.15) is 0 Å². The van der Waals surface area contributed by atoms with Gasteiger partial charge in [-0.3, -0.25) is 0 Å². The zero-order chi connectivity index (χ0) is 5.70. The molecule has 0 bridgehead atoms. The van der Waals surface area contributed by atoms with Gasteiger partial charge < -0.3 is 0 Å². The normalized spacial score (nSPS) is 9.00. The quantitative estimate of drug-likeness (QED) is 0.609. The smallest absolute Gasteiger partial charge is 0.147 e. The summed E-state index contributed by atoms with van der Waals surface area (Å²) in [6.45, 7) is 7.01. The molecule has 2 heteroatoms. The molecule has 0 spiro atoms. The van der Waals surface area contributed by atoms with E-state index in [1.807, 2.05) is 0 Å². The molecule has 51 valence electrons. The van der Waals surface area contributed by atoms with Crippen LogP contribution in [0.3, 0.4) is 0 Å². The first-order valence-electron chi connectivity index (χ1n) is 3.18. The molecule has 0 aliphatic carbocycles. The molecule has 0 aliphatic heterocycles. The Morgan fingerprint density at radius 2 is 1.12 bits per heavy atom. The number of halogens is 1. The van der Waals surface area contributed by atoms with Crippen molar-refractivity contribution >= 4 is 26.8 Å². The van der Waals surface area contributed by atoms with Crippen molar-refractivity contribution in [3.63, 3.8) is 0 Å². The van der Waals surface area contributed by atoms with E-state index in [9.17, 15) is 0 Å². The van der Waals surface area contributed by atoms with Gasteiger partial charge in [0.1, 0.15) is 0 Å². The van der Waals surface area contributed by atoms with Crippen molar-refractivity contribution in [2.24, 2.45) is 0 Å². The third-order valence-corrected chi connectivity index (χ3v) is 7.79. The minimum Gasteiger partial charge on any atom is -0.147 e. The van der Waals surface area contributed by atoms with Gasteiger partial charge in [0.2, 0.25) is 0 Å². The molecular formula is C6H16ClGe. The SMILES string of the molecule is C[CH2][Ge]([CH2]C)[CH2]C.Cl. The van der Waals surface area contributed by atoms with Gasteiger partial charge in [0.05, 0.1) is 0 Å².